The molecule has 1 aliphatic carbocycles. The first-order valence-electron chi connectivity index (χ1n) is 8.06. The molecule has 1 N–H and O–H groups in total. The molecule has 0 bridgehead atoms. The van der Waals surface area contributed by atoms with Crippen LogP contribution in [0.3, 0.4) is 0 Å². The Bertz CT molecular complexity index is 647. The summed E-state index contributed by atoms with van der Waals surface area (Å²) in [4.78, 5) is 26.1. The Morgan fingerprint density at radius 2 is 2.17 bits per heavy atom. The van der Waals surface area contributed by atoms with Crippen LogP contribution in [0.25, 0.3) is 0 Å². The number of rotatable bonds is 6. The number of amides is 2. The van der Waals surface area contributed by atoms with Crippen LogP contribution in [-0.2, 0) is 9.59 Å². The summed E-state index contributed by atoms with van der Waals surface area (Å²) in [5.74, 6) is -0.252. The SMILES string of the molecule is Cc1ccc(NC(=O)C2CC(=O)N(C3CC3)C2)cc1OCC(F)F. The van der Waals surface area contributed by atoms with Crippen LogP contribution in [0.2, 0.25) is 0 Å². The minimum Gasteiger partial charge on any atom is -0.487 e. The van der Waals surface area contributed by atoms with Gasteiger partial charge >= 0.3 is 0 Å². The molecule has 1 unspecified atom stereocenters. The van der Waals surface area contributed by atoms with Crippen LogP contribution in [0.4, 0.5) is 14.5 Å². The van der Waals surface area contributed by atoms with Gasteiger partial charge < -0.3 is 15.0 Å². The van der Waals surface area contributed by atoms with Gasteiger partial charge in [-0.2, -0.15) is 0 Å². The van der Waals surface area contributed by atoms with Crippen molar-refractivity contribution in [1.82, 2.24) is 4.90 Å². The Balaban J connectivity index is 1.62. The summed E-state index contributed by atoms with van der Waals surface area (Å²) in [5.41, 5.74) is 1.19. The van der Waals surface area contributed by atoms with E-state index in [2.05, 4.69) is 5.32 Å². The number of anilines is 1. The maximum Gasteiger partial charge on any atom is 0.272 e. The number of nitrogens with one attached hydrogen (secondary N) is 1. The second-order valence-electron chi connectivity index (χ2n) is 6.35. The molecule has 24 heavy (non-hydrogen) atoms. The highest BCUT2D eigenvalue weighted by Gasteiger charge is 2.41. The Morgan fingerprint density at radius 1 is 1.42 bits per heavy atom. The molecule has 1 saturated carbocycles. The predicted octanol–water partition coefficient (Wildman–Crippen LogP) is 2.59. The molecule has 1 aromatic rings. The molecule has 0 spiro atoms. The number of hydrogen-bond donors (Lipinski definition) is 1. The first-order valence-corrected chi connectivity index (χ1v) is 8.06. The lowest BCUT2D eigenvalue weighted by Crippen LogP contribution is -2.29. The van der Waals surface area contributed by atoms with Gasteiger partial charge in [-0.25, -0.2) is 8.78 Å². The van der Waals surface area contributed by atoms with E-state index >= 15 is 0 Å². The van der Waals surface area contributed by atoms with Crippen LogP contribution >= 0.6 is 0 Å². The molecule has 1 saturated heterocycles. The fourth-order valence-electron chi connectivity index (χ4n) is 2.88. The van der Waals surface area contributed by atoms with Crippen molar-refractivity contribution in [3.8, 4) is 5.75 Å². The molecular weight excluding hydrogens is 318 g/mol. The topological polar surface area (TPSA) is 58.6 Å². The van der Waals surface area contributed by atoms with Gasteiger partial charge in [-0.3, -0.25) is 9.59 Å². The lowest BCUT2D eigenvalue weighted by atomic mass is 10.1. The first-order chi connectivity index (χ1) is 11.4. The summed E-state index contributed by atoms with van der Waals surface area (Å²) in [5, 5.41) is 2.75. The fourth-order valence-corrected chi connectivity index (χ4v) is 2.88. The normalized spacial score (nSPS) is 20.6. The molecule has 0 aromatic heterocycles. The standard InChI is InChI=1S/C17H20F2N2O3/c1-10-2-3-12(7-14(10)24-9-15(18)19)20-17(23)11-6-16(22)21(8-11)13-4-5-13/h2-3,7,11,13,15H,4-6,8-9H2,1H3,(H,20,23). The molecule has 2 fully saturated rings. The molecule has 7 heteroatoms. The summed E-state index contributed by atoms with van der Waals surface area (Å²) in [6.45, 7) is 1.51. The molecule has 1 aliphatic heterocycles. The van der Waals surface area contributed by atoms with Gasteiger partial charge in [-0.15, -0.1) is 0 Å². The average molecular weight is 338 g/mol. The summed E-state index contributed by atoms with van der Waals surface area (Å²) in [6.07, 6.45) is -0.296. The largest absolute Gasteiger partial charge is 0.487 e. The Morgan fingerprint density at radius 3 is 2.83 bits per heavy atom. The molecule has 2 aliphatic rings. The zero-order chi connectivity index (χ0) is 17.3. The molecule has 1 atom stereocenters. The van der Waals surface area contributed by atoms with Crippen molar-refractivity contribution in [3.05, 3.63) is 23.8 Å². The molecule has 1 heterocycles. The quantitative estimate of drug-likeness (QED) is 0.867. The summed E-state index contributed by atoms with van der Waals surface area (Å²) >= 11 is 0. The number of carbonyl (C=O) groups excluding carboxylic acids is 2. The molecule has 0 radical (unpaired) electrons. The number of aryl methyl sites for hydroxylation is 1. The first kappa shape index (κ1) is 16.7. The lowest BCUT2D eigenvalue weighted by molar-refractivity contribution is -0.128. The monoisotopic (exact) mass is 338 g/mol. The van der Waals surface area contributed by atoms with E-state index in [-0.39, 0.29) is 24.2 Å². The van der Waals surface area contributed by atoms with E-state index in [0.717, 1.165) is 12.8 Å². The van der Waals surface area contributed by atoms with Crippen LogP contribution in [0.1, 0.15) is 24.8 Å². The number of benzene rings is 1. The molecular formula is C17H20F2N2O3. The number of carbonyl (C=O) groups is 2. The zero-order valence-corrected chi connectivity index (χ0v) is 13.4. The second kappa shape index (κ2) is 6.75. The van der Waals surface area contributed by atoms with Crippen LogP contribution < -0.4 is 10.1 Å². The third kappa shape index (κ3) is 3.83. The molecule has 2 amide bonds. The van der Waals surface area contributed by atoms with Crippen molar-refractivity contribution >= 4 is 17.5 Å². The fraction of sp³-hybridized carbons (Fsp3) is 0.529. The van der Waals surface area contributed by atoms with E-state index in [1.165, 1.54) is 6.07 Å². The van der Waals surface area contributed by atoms with Crippen molar-refractivity contribution in [1.29, 1.82) is 0 Å². The Kier molecular flexibility index (Phi) is 4.69. The van der Waals surface area contributed by atoms with Crippen LogP contribution in [0, 0.1) is 12.8 Å². The average Bonchev–Trinajstić information content (AvgIpc) is 3.30. The van der Waals surface area contributed by atoms with Gasteiger partial charge in [-0.1, -0.05) is 6.07 Å². The highest BCUT2D eigenvalue weighted by atomic mass is 19.3. The van der Waals surface area contributed by atoms with Gasteiger partial charge in [0.25, 0.3) is 6.43 Å². The lowest BCUT2D eigenvalue weighted by Gasteiger charge is -2.16. The van der Waals surface area contributed by atoms with Crippen molar-refractivity contribution in [2.24, 2.45) is 5.92 Å². The van der Waals surface area contributed by atoms with Gasteiger partial charge in [0.15, 0.2) is 0 Å². The van der Waals surface area contributed by atoms with Gasteiger partial charge in [0.1, 0.15) is 12.4 Å². The van der Waals surface area contributed by atoms with Crippen molar-refractivity contribution < 1.29 is 23.1 Å². The zero-order valence-electron chi connectivity index (χ0n) is 13.4. The Labute approximate surface area is 139 Å². The van der Waals surface area contributed by atoms with Crippen molar-refractivity contribution in [3.63, 3.8) is 0 Å². The van der Waals surface area contributed by atoms with Gasteiger partial charge in [-0.05, 0) is 31.4 Å². The van der Waals surface area contributed by atoms with Crippen molar-refractivity contribution in [2.45, 2.75) is 38.7 Å². The van der Waals surface area contributed by atoms with E-state index in [4.69, 9.17) is 4.74 Å². The number of nitrogens with zero attached hydrogens (tertiary/aromatic N) is 1. The van der Waals surface area contributed by atoms with Crippen molar-refractivity contribution in [2.75, 3.05) is 18.5 Å². The van der Waals surface area contributed by atoms with E-state index in [0.29, 0.717) is 29.6 Å². The van der Waals surface area contributed by atoms with E-state index in [1.54, 1.807) is 24.0 Å². The second-order valence-corrected chi connectivity index (χ2v) is 6.35. The highest BCUT2D eigenvalue weighted by molar-refractivity contribution is 5.97. The summed E-state index contributed by atoms with van der Waals surface area (Å²) in [7, 11) is 0. The number of likely N-dealkylation sites (tertiary alicyclic amines) is 1. The van der Waals surface area contributed by atoms with E-state index < -0.39 is 13.0 Å². The number of halogens is 2. The summed E-state index contributed by atoms with van der Waals surface area (Å²) < 4.78 is 29.6. The smallest absolute Gasteiger partial charge is 0.272 e. The molecule has 130 valence electrons. The molecule has 1 aromatic carbocycles. The van der Waals surface area contributed by atoms with Gasteiger partial charge in [0, 0.05) is 30.8 Å². The van der Waals surface area contributed by atoms with Crippen LogP contribution in [0.15, 0.2) is 18.2 Å². The minimum absolute atomic E-state index is 0.0301. The third-order valence-corrected chi connectivity index (χ3v) is 4.34. The Hall–Kier alpha value is -2.18. The van der Waals surface area contributed by atoms with Crippen LogP contribution in [-0.4, -0.2) is 42.3 Å². The van der Waals surface area contributed by atoms with E-state index in [1.807, 2.05) is 0 Å². The number of alkyl halides is 2. The maximum absolute atomic E-state index is 12.4. The maximum atomic E-state index is 12.4. The van der Waals surface area contributed by atoms with E-state index in [9.17, 15) is 18.4 Å². The highest BCUT2D eigenvalue weighted by Crippen LogP contribution is 2.33. The number of hydrogen-bond acceptors (Lipinski definition) is 3. The van der Waals surface area contributed by atoms with Gasteiger partial charge in [0.2, 0.25) is 11.8 Å². The predicted molar refractivity (Wildman–Crippen MR) is 84.1 cm³/mol. The van der Waals surface area contributed by atoms with Crippen LogP contribution in [0.5, 0.6) is 5.75 Å². The number of ether oxygens (including phenoxy) is 1. The summed E-state index contributed by atoms with van der Waals surface area (Å²) in [6, 6.07) is 5.24. The minimum atomic E-state index is -2.56. The molecule has 5 nitrogen and oxygen atoms in total. The third-order valence-electron chi connectivity index (χ3n) is 4.34. The molecule has 3 rings (SSSR count). The van der Waals surface area contributed by atoms with Gasteiger partial charge in [0.05, 0.1) is 5.92 Å².